The molecule has 0 bridgehead atoms. The van der Waals surface area contributed by atoms with Gasteiger partial charge in [-0.2, -0.15) is 13.2 Å². The summed E-state index contributed by atoms with van der Waals surface area (Å²) in [5.41, 5.74) is 0.947. The Kier molecular flexibility index (Phi) is 8.55. The molecule has 1 amide bonds. The van der Waals surface area contributed by atoms with Crippen molar-refractivity contribution in [2.75, 3.05) is 38.5 Å². The normalized spacial score (nSPS) is 14.6. The molecule has 0 saturated carbocycles. The van der Waals surface area contributed by atoms with Crippen molar-refractivity contribution < 1.29 is 22.7 Å². The molecule has 0 radical (unpaired) electrons. The van der Waals surface area contributed by atoms with E-state index in [0.717, 1.165) is 34.9 Å². The second-order valence-corrected chi connectivity index (χ2v) is 11.8. The lowest BCUT2D eigenvalue weighted by Crippen LogP contribution is -2.44. The number of alkyl halides is 3. The monoisotopic (exact) mass is 637 g/mol. The molecule has 6 rings (SSSR count). The maximum atomic E-state index is 14.1. The molecule has 3 aromatic heterocycles. The molecule has 0 atom stereocenters. The zero-order valence-corrected chi connectivity index (χ0v) is 25.1. The number of thiophene rings is 1. The number of pyridine rings is 2. The smallest absolute Gasteiger partial charge is 0.416 e. The number of hydrogen-bond acceptors (Lipinski definition) is 7. The molecule has 4 heterocycles. The van der Waals surface area contributed by atoms with E-state index in [1.165, 1.54) is 35.6 Å². The van der Waals surface area contributed by atoms with Crippen molar-refractivity contribution in [2.24, 2.45) is 0 Å². The number of nitrogens with zero attached hydrogens (tertiary/aromatic N) is 4. The number of rotatable bonds is 7. The van der Waals surface area contributed by atoms with Gasteiger partial charge in [0.05, 0.1) is 27.2 Å². The molecular weight excluding hydrogens is 611 g/mol. The highest BCUT2D eigenvalue weighted by molar-refractivity contribution is 7.16. The van der Waals surface area contributed by atoms with Crippen molar-refractivity contribution >= 4 is 44.7 Å². The fraction of sp³-hybridized carbons (Fsp3) is 0.219. The fourth-order valence-electron chi connectivity index (χ4n) is 5.04. The molecule has 1 saturated heterocycles. The number of piperazine rings is 1. The quantitative estimate of drug-likeness (QED) is 0.196. The minimum atomic E-state index is -4.58. The van der Waals surface area contributed by atoms with E-state index in [0.29, 0.717) is 30.3 Å². The van der Waals surface area contributed by atoms with Gasteiger partial charge in [-0.3, -0.25) is 14.7 Å². The van der Waals surface area contributed by atoms with Gasteiger partial charge in [0.2, 0.25) is 0 Å². The van der Waals surface area contributed by atoms with Crippen LogP contribution in [-0.2, 0) is 12.7 Å². The molecule has 1 aliphatic heterocycles. The summed E-state index contributed by atoms with van der Waals surface area (Å²) in [6.45, 7) is 3.14. The van der Waals surface area contributed by atoms with E-state index in [1.807, 2.05) is 35.5 Å². The van der Waals surface area contributed by atoms with Crippen molar-refractivity contribution in [1.82, 2.24) is 19.8 Å². The molecule has 12 heteroatoms. The second kappa shape index (κ2) is 12.5. The van der Waals surface area contributed by atoms with Crippen LogP contribution in [0.4, 0.5) is 18.9 Å². The number of ether oxygens (including phenoxy) is 1. The third-order valence-electron chi connectivity index (χ3n) is 7.43. The summed E-state index contributed by atoms with van der Waals surface area (Å²) in [7, 11) is 1.99. The largest absolute Gasteiger partial charge is 0.457 e. The maximum Gasteiger partial charge on any atom is 0.416 e. The summed E-state index contributed by atoms with van der Waals surface area (Å²) >= 11 is 7.83. The summed E-state index contributed by atoms with van der Waals surface area (Å²) in [4.78, 5) is 27.1. The second-order valence-electron chi connectivity index (χ2n) is 10.5. The zero-order chi connectivity index (χ0) is 30.8. The van der Waals surface area contributed by atoms with Crippen LogP contribution in [0.25, 0.3) is 21.5 Å². The molecule has 44 heavy (non-hydrogen) atoms. The minimum absolute atomic E-state index is 0.0158. The molecule has 0 spiro atoms. The van der Waals surface area contributed by atoms with Crippen LogP contribution in [0.1, 0.15) is 21.5 Å². The van der Waals surface area contributed by atoms with E-state index in [2.05, 4.69) is 15.2 Å². The number of likely N-dealkylation sites (N-methyl/N-ethyl adjacent to an activating group) is 1. The first-order chi connectivity index (χ1) is 21.1. The maximum absolute atomic E-state index is 14.1. The first-order valence-corrected chi connectivity index (χ1v) is 15.1. The van der Waals surface area contributed by atoms with Crippen LogP contribution in [0.3, 0.4) is 0 Å². The van der Waals surface area contributed by atoms with Gasteiger partial charge < -0.3 is 15.0 Å². The van der Waals surface area contributed by atoms with Crippen LogP contribution >= 0.6 is 22.9 Å². The van der Waals surface area contributed by atoms with Gasteiger partial charge in [-0.15, -0.1) is 11.3 Å². The van der Waals surface area contributed by atoms with E-state index < -0.39 is 17.6 Å². The van der Waals surface area contributed by atoms with Gasteiger partial charge in [0.1, 0.15) is 16.3 Å². The SMILES string of the molecule is CN1CCN(Cc2ccc(NC(=O)c3cc(Oc4cc(-c5cccnc5)nc5sccc45)ccc3Cl)cc2C(F)(F)F)CC1. The van der Waals surface area contributed by atoms with E-state index >= 15 is 0 Å². The molecule has 0 unspecified atom stereocenters. The topological polar surface area (TPSA) is 70.6 Å². The van der Waals surface area contributed by atoms with Gasteiger partial charge in [0.15, 0.2) is 0 Å². The Hall–Kier alpha value is -4.03. The van der Waals surface area contributed by atoms with Crippen LogP contribution in [0.15, 0.2) is 78.4 Å². The molecule has 226 valence electrons. The number of hydrogen-bond donors (Lipinski definition) is 1. The van der Waals surface area contributed by atoms with Gasteiger partial charge in [0, 0.05) is 62.4 Å². The highest BCUT2D eigenvalue weighted by atomic mass is 35.5. The number of benzene rings is 2. The molecule has 1 N–H and O–H groups in total. The van der Waals surface area contributed by atoms with Crippen molar-refractivity contribution in [3.8, 4) is 22.8 Å². The van der Waals surface area contributed by atoms with Gasteiger partial charge in [-0.25, -0.2) is 4.98 Å². The summed E-state index contributed by atoms with van der Waals surface area (Å²) in [5.74, 6) is 0.190. The minimum Gasteiger partial charge on any atom is -0.457 e. The van der Waals surface area contributed by atoms with Crippen molar-refractivity contribution in [1.29, 1.82) is 0 Å². The Balaban J connectivity index is 1.24. The first-order valence-electron chi connectivity index (χ1n) is 13.8. The number of carbonyl (C=O) groups is 1. The predicted octanol–water partition coefficient (Wildman–Crippen LogP) is 7.82. The average Bonchev–Trinajstić information content (AvgIpc) is 3.49. The number of anilines is 1. The highest BCUT2D eigenvalue weighted by Crippen LogP contribution is 2.37. The standard InChI is InChI=1S/C32H27ClF3N5O2S/c1-40-10-12-41(13-11-40)19-21-4-5-22(15-26(21)32(34,35)36)38-30(42)25-16-23(6-7-27(25)33)43-29-17-28(20-3-2-9-37-18-20)39-31-24(29)8-14-44-31/h2-9,14-18H,10-13,19H2,1H3,(H,38,42). The predicted molar refractivity (Wildman–Crippen MR) is 167 cm³/mol. The van der Waals surface area contributed by atoms with Crippen LogP contribution in [0.5, 0.6) is 11.5 Å². The lowest BCUT2D eigenvalue weighted by molar-refractivity contribution is -0.138. The highest BCUT2D eigenvalue weighted by Gasteiger charge is 2.34. The van der Waals surface area contributed by atoms with Gasteiger partial charge in [-0.1, -0.05) is 17.7 Å². The van der Waals surface area contributed by atoms with Crippen LogP contribution in [-0.4, -0.2) is 58.9 Å². The summed E-state index contributed by atoms with van der Waals surface area (Å²) in [5, 5.41) is 5.41. The summed E-state index contributed by atoms with van der Waals surface area (Å²) in [6.07, 6.45) is -1.20. The molecule has 0 aliphatic carbocycles. The number of halogens is 4. The van der Waals surface area contributed by atoms with Crippen molar-refractivity contribution in [3.63, 3.8) is 0 Å². The van der Waals surface area contributed by atoms with Crippen LogP contribution < -0.4 is 10.1 Å². The Bertz CT molecular complexity index is 1810. The lowest BCUT2D eigenvalue weighted by atomic mass is 10.0. The molecule has 7 nitrogen and oxygen atoms in total. The molecule has 1 aliphatic rings. The Labute approximate surface area is 260 Å². The van der Waals surface area contributed by atoms with Crippen molar-refractivity contribution in [2.45, 2.75) is 12.7 Å². The van der Waals surface area contributed by atoms with E-state index in [4.69, 9.17) is 21.3 Å². The third kappa shape index (κ3) is 6.71. The van der Waals surface area contributed by atoms with Crippen molar-refractivity contribution in [3.05, 3.63) is 100 Å². The molecular formula is C32H27ClF3N5O2S. The average molecular weight is 638 g/mol. The molecule has 5 aromatic rings. The summed E-state index contributed by atoms with van der Waals surface area (Å²) in [6, 6.07) is 15.9. The third-order valence-corrected chi connectivity index (χ3v) is 8.57. The Morgan fingerprint density at radius 3 is 2.64 bits per heavy atom. The number of nitrogens with one attached hydrogen (secondary N) is 1. The number of amides is 1. The van der Waals surface area contributed by atoms with Crippen LogP contribution in [0, 0.1) is 0 Å². The van der Waals surface area contributed by atoms with E-state index in [1.54, 1.807) is 24.5 Å². The molecule has 2 aromatic carbocycles. The zero-order valence-electron chi connectivity index (χ0n) is 23.6. The number of aromatic nitrogens is 2. The van der Waals surface area contributed by atoms with Crippen LogP contribution in [0.2, 0.25) is 5.02 Å². The number of carbonyl (C=O) groups excluding carboxylic acids is 1. The van der Waals surface area contributed by atoms with Gasteiger partial charge in [-0.05, 0) is 66.5 Å². The number of fused-ring (bicyclic) bond motifs is 1. The molecule has 1 fully saturated rings. The van der Waals surface area contributed by atoms with E-state index in [-0.39, 0.29) is 28.4 Å². The first kappa shape index (κ1) is 30.0. The fourth-order valence-corrected chi connectivity index (χ4v) is 6.02. The lowest BCUT2D eigenvalue weighted by Gasteiger charge is -2.33. The van der Waals surface area contributed by atoms with Gasteiger partial charge >= 0.3 is 6.18 Å². The van der Waals surface area contributed by atoms with E-state index in [9.17, 15) is 18.0 Å². The Morgan fingerprint density at radius 1 is 1.07 bits per heavy atom. The summed E-state index contributed by atoms with van der Waals surface area (Å²) < 4.78 is 48.4. The Morgan fingerprint density at radius 2 is 1.89 bits per heavy atom. The van der Waals surface area contributed by atoms with Gasteiger partial charge in [0.25, 0.3) is 5.91 Å².